The Morgan fingerprint density at radius 3 is 2.72 bits per heavy atom. The zero-order valence-corrected chi connectivity index (χ0v) is 12.0. The highest BCUT2D eigenvalue weighted by Crippen LogP contribution is 2.33. The van der Waals surface area contributed by atoms with Crippen LogP contribution in [0.5, 0.6) is 0 Å². The molecule has 4 unspecified atom stereocenters. The number of carbonyl (C=O) groups excluding carboxylic acids is 1. The molecule has 2 aliphatic rings. The van der Waals surface area contributed by atoms with E-state index in [0.29, 0.717) is 12.0 Å². The fourth-order valence-corrected chi connectivity index (χ4v) is 3.58. The molecule has 0 bridgehead atoms. The molecule has 2 fully saturated rings. The van der Waals surface area contributed by atoms with E-state index >= 15 is 0 Å². The van der Waals surface area contributed by atoms with Crippen molar-refractivity contribution in [1.29, 1.82) is 0 Å². The second-order valence-corrected chi connectivity index (χ2v) is 6.59. The zero-order valence-electron chi connectivity index (χ0n) is 12.0. The Labute approximate surface area is 111 Å². The van der Waals surface area contributed by atoms with Gasteiger partial charge < -0.3 is 10.6 Å². The third-order valence-corrected chi connectivity index (χ3v) is 4.72. The van der Waals surface area contributed by atoms with Crippen LogP contribution in [-0.2, 0) is 4.79 Å². The van der Waals surface area contributed by atoms with Crippen molar-refractivity contribution in [1.82, 2.24) is 10.6 Å². The maximum atomic E-state index is 11.9. The number of amides is 1. The monoisotopic (exact) mass is 252 g/mol. The molecule has 0 aromatic carbocycles. The lowest BCUT2D eigenvalue weighted by Gasteiger charge is -2.40. The fourth-order valence-electron chi connectivity index (χ4n) is 3.58. The van der Waals surface area contributed by atoms with Gasteiger partial charge in [0, 0.05) is 12.6 Å². The highest BCUT2D eigenvalue weighted by molar-refractivity contribution is 5.82. The van der Waals surface area contributed by atoms with Crippen LogP contribution in [0.4, 0.5) is 0 Å². The summed E-state index contributed by atoms with van der Waals surface area (Å²) in [7, 11) is 0. The second kappa shape index (κ2) is 6.05. The number of rotatable bonds is 3. The van der Waals surface area contributed by atoms with Crippen molar-refractivity contribution < 1.29 is 4.79 Å². The summed E-state index contributed by atoms with van der Waals surface area (Å²) in [6, 6.07) is 0.581. The van der Waals surface area contributed by atoms with E-state index in [0.717, 1.165) is 31.2 Å². The van der Waals surface area contributed by atoms with E-state index in [2.05, 4.69) is 31.4 Å². The predicted molar refractivity (Wildman–Crippen MR) is 74.3 cm³/mol. The molecular weight excluding hydrogens is 224 g/mol. The summed E-state index contributed by atoms with van der Waals surface area (Å²) >= 11 is 0. The highest BCUT2D eigenvalue weighted by atomic mass is 16.2. The Morgan fingerprint density at radius 1 is 1.28 bits per heavy atom. The van der Waals surface area contributed by atoms with Gasteiger partial charge in [-0.1, -0.05) is 27.2 Å². The smallest absolute Gasteiger partial charge is 0.237 e. The first-order chi connectivity index (χ1) is 8.58. The van der Waals surface area contributed by atoms with Crippen LogP contribution < -0.4 is 10.6 Å². The summed E-state index contributed by atoms with van der Waals surface area (Å²) < 4.78 is 0. The number of piperidine rings is 1. The molecule has 1 heterocycles. The quantitative estimate of drug-likeness (QED) is 0.809. The summed E-state index contributed by atoms with van der Waals surface area (Å²) in [6.45, 7) is 7.82. The van der Waals surface area contributed by atoms with E-state index in [-0.39, 0.29) is 11.9 Å². The van der Waals surface area contributed by atoms with Crippen molar-refractivity contribution in [3.63, 3.8) is 0 Å². The van der Waals surface area contributed by atoms with Crippen molar-refractivity contribution in [2.45, 2.75) is 65.0 Å². The molecule has 1 aliphatic heterocycles. The minimum Gasteiger partial charge on any atom is -0.355 e. The SMILES string of the molecule is CC1CCC(C(C)C)C(NC2CCCNC2=O)C1. The van der Waals surface area contributed by atoms with Gasteiger partial charge in [0.2, 0.25) is 5.91 Å². The third-order valence-electron chi connectivity index (χ3n) is 4.72. The molecule has 0 spiro atoms. The molecule has 104 valence electrons. The van der Waals surface area contributed by atoms with Gasteiger partial charge in [-0.2, -0.15) is 0 Å². The number of carbonyl (C=O) groups is 1. The minimum absolute atomic E-state index is 0.0512. The molecule has 1 saturated heterocycles. The summed E-state index contributed by atoms with van der Waals surface area (Å²) in [6.07, 6.45) is 5.99. The zero-order chi connectivity index (χ0) is 13.1. The second-order valence-electron chi connectivity index (χ2n) is 6.59. The Hall–Kier alpha value is -0.570. The van der Waals surface area contributed by atoms with Gasteiger partial charge in [-0.05, 0) is 43.4 Å². The summed E-state index contributed by atoms with van der Waals surface area (Å²) in [5, 5.41) is 6.63. The average molecular weight is 252 g/mol. The topological polar surface area (TPSA) is 41.1 Å². The van der Waals surface area contributed by atoms with Crippen LogP contribution in [0.15, 0.2) is 0 Å². The first-order valence-corrected chi connectivity index (χ1v) is 7.61. The van der Waals surface area contributed by atoms with E-state index in [9.17, 15) is 4.79 Å². The van der Waals surface area contributed by atoms with Gasteiger partial charge in [-0.3, -0.25) is 4.79 Å². The first kappa shape index (κ1) is 13.9. The maximum Gasteiger partial charge on any atom is 0.237 e. The molecule has 0 aromatic heterocycles. The third kappa shape index (κ3) is 3.25. The van der Waals surface area contributed by atoms with Crippen molar-refractivity contribution >= 4 is 5.91 Å². The van der Waals surface area contributed by atoms with Crippen LogP contribution in [0.1, 0.15) is 52.9 Å². The molecule has 1 amide bonds. The van der Waals surface area contributed by atoms with Crippen LogP contribution in [0, 0.1) is 17.8 Å². The molecular formula is C15H28N2O. The van der Waals surface area contributed by atoms with Gasteiger partial charge in [0.05, 0.1) is 6.04 Å². The molecule has 2 rings (SSSR count). The van der Waals surface area contributed by atoms with Gasteiger partial charge >= 0.3 is 0 Å². The van der Waals surface area contributed by atoms with Crippen LogP contribution in [0.3, 0.4) is 0 Å². The van der Waals surface area contributed by atoms with E-state index in [4.69, 9.17) is 0 Å². The number of hydrogen-bond donors (Lipinski definition) is 2. The van der Waals surface area contributed by atoms with Crippen LogP contribution in [0.2, 0.25) is 0 Å². The van der Waals surface area contributed by atoms with Crippen molar-refractivity contribution in [2.75, 3.05) is 6.54 Å². The van der Waals surface area contributed by atoms with Crippen LogP contribution >= 0.6 is 0 Å². The van der Waals surface area contributed by atoms with E-state index < -0.39 is 0 Å². The average Bonchev–Trinajstić information content (AvgIpc) is 2.32. The van der Waals surface area contributed by atoms with Crippen molar-refractivity contribution in [3.05, 3.63) is 0 Å². The van der Waals surface area contributed by atoms with Gasteiger partial charge in [0.1, 0.15) is 0 Å². The number of hydrogen-bond acceptors (Lipinski definition) is 2. The summed E-state index contributed by atoms with van der Waals surface area (Å²) in [5.74, 6) is 2.45. The highest BCUT2D eigenvalue weighted by Gasteiger charge is 2.33. The molecule has 18 heavy (non-hydrogen) atoms. The van der Waals surface area contributed by atoms with Gasteiger partial charge in [0.25, 0.3) is 0 Å². The molecule has 4 atom stereocenters. The molecule has 3 nitrogen and oxygen atoms in total. The van der Waals surface area contributed by atoms with E-state index in [1.165, 1.54) is 19.3 Å². The molecule has 3 heteroatoms. The number of nitrogens with one attached hydrogen (secondary N) is 2. The molecule has 1 saturated carbocycles. The first-order valence-electron chi connectivity index (χ1n) is 7.61. The Balaban J connectivity index is 1.97. The molecule has 2 N–H and O–H groups in total. The molecule has 1 aliphatic carbocycles. The van der Waals surface area contributed by atoms with Gasteiger partial charge in [-0.25, -0.2) is 0 Å². The standard InChI is InChI=1S/C15H28N2O/c1-10(2)12-7-6-11(3)9-14(12)17-13-5-4-8-16-15(13)18/h10-14,17H,4-9H2,1-3H3,(H,16,18). The summed E-state index contributed by atoms with van der Waals surface area (Å²) in [4.78, 5) is 11.9. The van der Waals surface area contributed by atoms with E-state index in [1.807, 2.05) is 0 Å². The predicted octanol–water partition coefficient (Wildman–Crippen LogP) is 2.32. The van der Waals surface area contributed by atoms with Gasteiger partial charge in [-0.15, -0.1) is 0 Å². The van der Waals surface area contributed by atoms with Crippen LogP contribution in [-0.4, -0.2) is 24.5 Å². The fraction of sp³-hybridized carbons (Fsp3) is 0.933. The Kier molecular flexibility index (Phi) is 4.66. The lowest BCUT2D eigenvalue weighted by atomic mass is 9.73. The summed E-state index contributed by atoms with van der Waals surface area (Å²) in [5.41, 5.74) is 0. The Bertz CT molecular complexity index is 290. The lowest BCUT2D eigenvalue weighted by Crippen LogP contribution is -2.55. The van der Waals surface area contributed by atoms with E-state index in [1.54, 1.807) is 0 Å². The normalized spacial score (nSPS) is 37.7. The molecule has 0 radical (unpaired) electrons. The van der Waals surface area contributed by atoms with Gasteiger partial charge in [0.15, 0.2) is 0 Å². The largest absolute Gasteiger partial charge is 0.355 e. The van der Waals surface area contributed by atoms with Crippen molar-refractivity contribution in [2.24, 2.45) is 17.8 Å². The Morgan fingerprint density at radius 2 is 2.06 bits per heavy atom. The van der Waals surface area contributed by atoms with Crippen molar-refractivity contribution in [3.8, 4) is 0 Å². The maximum absolute atomic E-state index is 11.9. The van der Waals surface area contributed by atoms with Crippen LogP contribution in [0.25, 0.3) is 0 Å². The minimum atomic E-state index is 0.0512. The lowest BCUT2D eigenvalue weighted by molar-refractivity contribution is -0.125. The molecule has 0 aromatic rings.